The van der Waals surface area contributed by atoms with Crippen molar-refractivity contribution in [1.29, 1.82) is 0 Å². The Morgan fingerprint density at radius 3 is 1.39 bits per heavy atom. The van der Waals surface area contributed by atoms with E-state index in [1.807, 2.05) is 0 Å². The molecule has 1 aliphatic carbocycles. The second-order valence-electron chi connectivity index (χ2n) is 20.1. The molecule has 1 aliphatic heterocycles. The molecule has 0 spiro atoms. The molecule has 72 heavy (non-hydrogen) atoms. The highest BCUT2D eigenvalue weighted by Crippen LogP contribution is 2.48. The molecule has 1 saturated heterocycles. The Morgan fingerprint density at radius 1 is 0.514 bits per heavy atom. The SMILES string of the molecule is CCCCCCC=CCCCCCCCCCC(=O)OCC(COP(=O)(O)OC1C(O)C(O)C(O)C(O)C1OC1OC(CO)C(O)C(O)C1O)OC(=O)CCCCCCCCCCCCCCCCCCC. The van der Waals surface area contributed by atoms with Crippen LogP contribution in [0, 0.1) is 0 Å². The maximum absolute atomic E-state index is 13.4. The smallest absolute Gasteiger partial charge is 0.462 e. The average Bonchev–Trinajstić information content (AvgIpc) is 3.36. The fraction of sp³-hybridized carbons (Fsp3) is 0.925. The summed E-state index contributed by atoms with van der Waals surface area (Å²) in [6.07, 6.45) is 15.6. The van der Waals surface area contributed by atoms with Crippen LogP contribution in [0.1, 0.15) is 219 Å². The molecule has 1 heterocycles. The van der Waals surface area contributed by atoms with Gasteiger partial charge in [0.05, 0.1) is 13.2 Å². The van der Waals surface area contributed by atoms with Crippen LogP contribution < -0.4 is 0 Å². The van der Waals surface area contributed by atoms with Crippen molar-refractivity contribution in [3.8, 4) is 0 Å². The second-order valence-corrected chi connectivity index (χ2v) is 21.5. The minimum absolute atomic E-state index is 0.0372. The molecule has 0 aromatic heterocycles. The maximum atomic E-state index is 13.4. The first-order valence-corrected chi connectivity index (χ1v) is 29.5. The summed E-state index contributed by atoms with van der Waals surface area (Å²) in [7, 11) is -5.38. The molecule has 2 rings (SSSR count). The van der Waals surface area contributed by atoms with Crippen molar-refractivity contribution in [1.82, 2.24) is 0 Å². The van der Waals surface area contributed by atoms with Gasteiger partial charge in [0.1, 0.15) is 67.6 Å². The van der Waals surface area contributed by atoms with Gasteiger partial charge in [-0.25, -0.2) is 4.57 Å². The number of esters is 2. The monoisotopic (exact) mass is 1050 g/mol. The molecule has 424 valence electrons. The van der Waals surface area contributed by atoms with Gasteiger partial charge in [-0.15, -0.1) is 0 Å². The zero-order valence-corrected chi connectivity index (χ0v) is 44.9. The minimum Gasteiger partial charge on any atom is -0.462 e. The van der Waals surface area contributed by atoms with Crippen molar-refractivity contribution in [2.24, 2.45) is 0 Å². The Kier molecular flexibility index (Phi) is 37.5. The summed E-state index contributed by atoms with van der Waals surface area (Å²) in [5.74, 6) is -1.21. The standard InChI is InChI=1S/C53H99O18P/c1-3-5-7-9-11-13-15-17-19-20-22-24-26-28-30-32-34-36-43(56)68-40(38-66-42(55)35-33-31-29-27-25-23-21-18-16-14-12-10-8-6-4-2)39-67-72(64,65)71-52-49(62)47(60)46(59)48(61)51(52)70-53-50(63)45(58)44(57)41(37-54)69-53/h14,16,40-41,44-54,57-63H,3-13,15,17-39H2,1-2H3,(H,64,65). The number of carbonyl (C=O) groups excluding carboxylic acids is 2. The average molecular weight is 1060 g/mol. The molecule has 0 radical (unpaired) electrons. The Morgan fingerprint density at radius 2 is 0.917 bits per heavy atom. The van der Waals surface area contributed by atoms with Crippen molar-refractivity contribution < 1.29 is 87.9 Å². The molecular formula is C53H99O18P. The number of phosphoric ester groups is 1. The highest BCUT2D eigenvalue weighted by atomic mass is 31.2. The Hall–Kier alpha value is -1.61. The summed E-state index contributed by atoms with van der Waals surface area (Å²) in [5.41, 5.74) is 0. The van der Waals surface area contributed by atoms with Crippen LogP contribution in [0.3, 0.4) is 0 Å². The summed E-state index contributed by atoms with van der Waals surface area (Å²) >= 11 is 0. The predicted octanol–water partition coefficient (Wildman–Crippen LogP) is 7.67. The van der Waals surface area contributed by atoms with Crippen LogP contribution in [-0.4, -0.2) is 151 Å². The summed E-state index contributed by atoms with van der Waals surface area (Å²) in [6.45, 7) is 2.25. The van der Waals surface area contributed by atoms with Gasteiger partial charge in [-0.2, -0.15) is 0 Å². The normalized spacial score (nSPS) is 27.0. The fourth-order valence-electron chi connectivity index (χ4n) is 9.11. The van der Waals surface area contributed by atoms with E-state index < -0.39 is 113 Å². The third kappa shape index (κ3) is 28.5. The number of aliphatic hydroxyl groups excluding tert-OH is 8. The zero-order valence-electron chi connectivity index (χ0n) is 44.0. The van der Waals surface area contributed by atoms with Crippen LogP contribution >= 0.6 is 7.82 Å². The van der Waals surface area contributed by atoms with Gasteiger partial charge in [-0.3, -0.25) is 18.6 Å². The number of allylic oxidation sites excluding steroid dienone is 2. The molecular weight excluding hydrogens is 956 g/mol. The molecule has 13 atom stereocenters. The van der Waals surface area contributed by atoms with Gasteiger partial charge in [-0.1, -0.05) is 180 Å². The number of phosphoric acid groups is 1. The lowest BCUT2D eigenvalue weighted by molar-refractivity contribution is -0.338. The number of aliphatic hydroxyl groups is 8. The van der Waals surface area contributed by atoms with Gasteiger partial charge >= 0.3 is 19.8 Å². The zero-order chi connectivity index (χ0) is 53.0. The van der Waals surface area contributed by atoms with Crippen LogP contribution in [0.2, 0.25) is 0 Å². The molecule has 1 saturated carbocycles. The second kappa shape index (κ2) is 40.6. The van der Waals surface area contributed by atoms with Crippen molar-refractivity contribution in [2.45, 2.75) is 293 Å². The molecule has 9 N–H and O–H groups in total. The van der Waals surface area contributed by atoms with Crippen LogP contribution in [-0.2, 0) is 42.1 Å². The lowest BCUT2D eigenvalue weighted by Crippen LogP contribution is -2.67. The van der Waals surface area contributed by atoms with E-state index in [0.717, 1.165) is 77.0 Å². The highest BCUT2D eigenvalue weighted by Gasteiger charge is 2.55. The van der Waals surface area contributed by atoms with Crippen LogP contribution in [0.25, 0.3) is 0 Å². The Labute approximate surface area is 431 Å². The highest BCUT2D eigenvalue weighted by molar-refractivity contribution is 7.47. The Balaban J connectivity index is 1.90. The lowest BCUT2D eigenvalue weighted by atomic mass is 9.84. The lowest BCUT2D eigenvalue weighted by Gasteiger charge is -2.47. The van der Waals surface area contributed by atoms with Crippen LogP contribution in [0.4, 0.5) is 0 Å². The van der Waals surface area contributed by atoms with Gasteiger partial charge in [-0.05, 0) is 38.5 Å². The maximum Gasteiger partial charge on any atom is 0.472 e. The van der Waals surface area contributed by atoms with Gasteiger partial charge in [0.25, 0.3) is 0 Å². The van der Waals surface area contributed by atoms with E-state index >= 15 is 0 Å². The third-order valence-electron chi connectivity index (χ3n) is 13.7. The Bertz CT molecular complexity index is 1440. The quantitative estimate of drug-likeness (QED) is 0.0122. The molecule has 0 aromatic rings. The number of rotatable bonds is 44. The number of ether oxygens (including phenoxy) is 4. The van der Waals surface area contributed by atoms with Crippen molar-refractivity contribution in [2.75, 3.05) is 19.8 Å². The number of hydrogen-bond donors (Lipinski definition) is 9. The van der Waals surface area contributed by atoms with E-state index in [9.17, 15) is 59.9 Å². The molecule has 19 heteroatoms. The number of unbranched alkanes of at least 4 members (excludes halogenated alkanes) is 27. The topological polar surface area (TPSA) is 289 Å². The van der Waals surface area contributed by atoms with E-state index in [4.69, 9.17) is 28.0 Å². The van der Waals surface area contributed by atoms with Gasteiger partial charge in [0, 0.05) is 12.8 Å². The van der Waals surface area contributed by atoms with E-state index in [-0.39, 0.29) is 12.8 Å². The number of carbonyl (C=O) groups is 2. The summed E-state index contributed by atoms with van der Waals surface area (Å²) in [5, 5.41) is 83.1. The molecule has 13 unspecified atom stereocenters. The molecule has 2 aliphatic rings. The van der Waals surface area contributed by atoms with Crippen molar-refractivity contribution in [3.05, 3.63) is 12.2 Å². The van der Waals surface area contributed by atoms with Crippen LogP contribution in [0.15, 0.2) is 12.2 Å². The molecule has 18 nitrogen and oxygen atoms in total. The van der Waals surface area contributed by atoms with Crippen LogP contribution in [0.5, 0.6) is 0 Å². The minimum atomic E-state index is -5.38. The predicted molar refractivity (Wildman–Crippen MR) is 272 cm³/mol. The van der Waals surface area contributed by atoms with Gasteiger partial charge < -0.3 is 64.7 Å². The third-order valence-corrected chi connectivity index (χ3v) is 14.7. The van der Waals surface area contributed by atoms with Gasteiger partial charge in [0.2, 0.25) is 0 Å². The first-order chi connectivity index (χ1) is 34.7. The fourth-order valence-corrected chi connectivity index (χ4v) is 10.1. The molecule has 0 aromatic carbocycles. The molecule has 2 fully saturated rings. The van der Waals surface area contributed by atoms with E-state index in [0.29, 0.717) is 12.8 Å². The first-order valence-electron chi connectivity index (χ1n) is 28.0. The molecule has 0 amide bonds. The van der Waals surface area contributed by atoms with E-state index in [1.165, 1.54) is 103 Å². The summed E-state index contributed by atoms with van der Waals surface area (Å²) in [4.78, 5) is 36.7. The summed E-state index contributed by atoms with van der Waals surface area (Å²) < 4.78 is 45.6. The van der Waals surface area contributed by atoms with Crippen molar-refractivity contribution >= 4 is 19.8 Å². The van der Waals surface area contributed by atoms with E-state index in [2.05, 4.69) is 26.0 Å². The summed E-state index contributed by atoms with van der Waals surface area (Å²) in [6, 6.07) is 0. The first kappa shape index (κ1) is 66.5. The van der Waals surface area contributed by atoms with Crippen molar-refractivity contribution in [3.63, 3.8) is 0 Å². The molecule has 0 bridgehead atoms. The largest absolute Gasteiger partial charge is 0.472 e. The van der Waals surface area contributed by atoms with Gasteiger partial charge in [0.15, 0.2) is 12.4 Å². The number of hydrogen-bond acceptors (Lipinski definition) is 17. The van der Waals surface area contributed by atoms with E-state index in [1.54, 1.807) is 0 Å².